The molecule has 1 heterocycles. The van der Waals surface area contributed by atoms with Crippen molar-refractivity contribution < 1.29 is 23.6 Å². The monoisotopic (exact) mass is 380 g/mol. The van der Waals surface area contributed by atoms with E-state index in [1.165, 1.54) is 7.11 Å². The lowest BCUT2D eigenvalue weighted by molar-refractivity contribution is -0.140. The third-order valence-corrected chi connectivity index (χ3v) is 4.05. The molecule has 2 aromatic carbocycles. The van der Waals surface area contributed by atoms with Gasteiger partial charge in [0.15, 0.2) is 0 Å². The number of esters is 2. The quantitative estimate of drug-likeness (QED) is 0.459. The molecule has 3 rings (SSSR count). The Balaban J connectivity index is 1.50. The summed E-state index contributed by atoms with van der Waals surface area (Å²) in [5.41, 5.74) is 2.78. The molecule has 0 saturated carbocycles. The Morgan fingerprint density at radius 3 is 2.39 bits per heavy atom. The first kappa shape index (κ1) is 19.3. The number of carbonyl (C=O) groups excluding carboxylic acids is 2. The molecule has 7 heteroatoms. The summed E-state index contributed by atoms with van der Waals surface area (Å²) in [7, 11) is 1.34. The van der Waals surface area contributed by atoms with Gasteiger partial charge in [0.1, 0.15) is 5.75 Å². The summed E-state index contributed by atoms with van der Waals surface area (Å²) < 4.78 is 15.1. The maximum Gasteiger partial charge on any atom is 0.311 e. The normalized spacial score (nSPS) is 10.5. The van der Waals surface area contributed by atoms with Crippen LogP contribution in [-0.4, -0.2) is 29.2 Å². The van der Waals surface area contributed by atoms with Crippen LogP contribution >= 0.6 is 0 Å². The number of ether oxygens (including phenoxy) is 2. The zero-order chi connectivity index (χ0) is 19.9. The van der Waals surface area contributed by atoms with E-state index in [1.54, 1.807) is 24.3 Å². The third-order valence-electron chi connectivity index (χ3n) is 4.05. The van der Waals surface area contributed by atoms with Crippen molar-refractivity contribution in [2.75, 3.05) is 7.11 Å². The summed E-state index contributed by atoms with van der Waals surface area (Å²) in [6, 6.07) is 14.5. The van der Waals surface area contributed by atoms with E-state index in [-0.39, 0.29) is 25.2 Å². The summed E-state index contributed by atoms with van der Waals surface area (Å²) in [6.07, 6.45) is 0.572. The number of methoxy groups -OCH3 is 1. The maximum absolute atomic E-state index is 12.0. The van der Waals surface area contributed by atoms with E-state index in [4.69, 9.17) is 9.26 Å². The fourth-order valence-electron chi connectivity index (χ4n) is 2.48. The molecule has 0 saturated heterocycles. The maximum atomic E-state index is 12.0. The molecule has 0 fully saturated rings. The number of aryl methyl sites for hydroxylation is 2. The minimum atomic E-state index is -0.407. The van der Waals surface area contributed by atoms with Gasteiger partial charge in [0.25, 0.3) is 0 Å². The number of rotatable bonds is 7. The van der Waals surface area contributed by atoms with Gasteiger partial charge in [-0.05, 0) is 24.6 Å². The van der Waals surface area contributed by atoms with Crippen molar-refractivity contribution >= 4 is 11.9 Å². The first-order valence-electron chi connectivity index (χ1n) is 8.79. The molecule has 0 radical (unpaired) electrons. The molecular weight excluding hydrogens is 360 g/mol. The molecule has 0 aliphatic heterocycles. The molecule has 0 spiro atoms. The van der Waals surface area contributed by atoms with Gasteiger partial charge in [0.2, 0.25) is 11.7 Å². The largest absolute Gasteiger partial charge is 0.469 e. The molecule has 0 aliphatic carbocycles. The lowest BCUT2D eigenvalue weighted by Crippen LogP contribution is -2.09. The van der Waals surface area contributed by atoms with Crippen LogP contribution in [0.15, 0.2) is 53.1 Å². The molecule has 7 nitrogen and oxygen atoms in total. The predicted molar refractivity (Wildman–Crippen MR) is 101 cm³/mol. The minimum absolute atomic E-state index is 0.111. The Morgan fingerprint density at radius 1 is 1.00 bits per heavy atom. The van der Waals surface area contributed by atoms with Crippen molar-refractivity contribution in [3.63, 3.8) is 0 Å². The van der Waals surface area contributed by atoms with Crippen molar-refractivity contribution in [1.82, 2.24) is 10.1 Å². The average molecular weight is 380 g/mol. The first-order chi connectivity index (χ1) is 13.5. The highest BCUT2D eigenvalue weighted by Crippen LogP contribution is 2.17. The van der Waals surface area contributed by atoms with Crippen molar-refractivity contribution in [2.45, 2.75) is 26.2 Å². The third kappa shape index (κ3) is 5.26. The van der Waals surface area contributed by atoms with Crippen LogP contribution in [0.25, 0.3) is 11.4 Å². The molecule has 144 valence electrons. The highest BCUT2D eigenvalue weighted by Gasteiger charge is 2.12. The van der Waals surface area contributed by atoms with Gasteiger partial charge in [-0.15, -0.1) is 0 Å². The van der Waals surface area contributed by atoms with E-state index in [9.17, 15) is 9.59 Å². The van der Waals surface area contributed by atoms with Gasteiger partial charge in [-0.2, -0.15) is 4.98 Å². The molecule has 0 unspecified atom stereocenters. The van der Waals surface area contributed by atoms with E-state index in [0.717, 1.165) is 16.7 Å². The molecule has 0 atom stereocenters. The van der Waals surface area contributed by atoms with E-state index in [0.29, 0.717) is 17.5 Å². The molecule has 28 heavy (non-hydrogen) atoms. The summed E-state index contributed by atoms with van der Waals surface area (Å²) in [5.74, 6) is 0.542. The van der Waals surface area contributed by atoms with E-state index < -0.39 is 5.97 Å². The Hall–Kier alpha value is -3.48. The molecule has 1 aromatic heterocycles. The zero-order valence-corrected chi connectivity index (χ0v) is 15.7. The van der Waals surface area contributed by atoms with Gasteiger partial charge >= 0.3 is 11.9 Å². The SMILES string of the molecule is COC(=O)Cc1ccc(OC(=O)CCc2nc(-c3ccc(C)cc3)no2)cc1. The Labute approximate surface area is 162 Å². The number of nitrogens with zero attached hydrogens (tertiary/aromatic N) is 2. The van der Waals surface area contributed by atoms with E-state index >= 15 is 0 Å². The summed E-state index contributed by atoms with van der Waals surface area (Å²) in [5, 5.41) is 3.94. The highest BCUT2D eigenvalue weighted by atomic mass is 16.5. The predicted octanol–water partition coefficient (Wildman–Crippen LogP) is 3.30. The van der Waals surface area contributed by atoms with Gasteiger partial charge in [-0.1, -0.05) is 47.1 Å². The molecule has 0 aliphatic rings. The van der Waals surface area contributed by atoms with Crippen LogP contribution in [0.2, 0.25) is 0 Å². The summed E-state index contributed by atoms with van der Waals surface area (Å²) >= 11 is 0. The van der Waals surface area contributed by atoms with Crippen molar-refractivity contribution in [2.24, 2.45) is 0 Å². The van der Waals surface area contributed by atoms with Crippen LogP contribution in [0.5, 0.6) is 5.75 Å². The van der Waals surface area contributed by atoms with E-state index in [2.05, 4.69) is 14.9 Å². The second kappa shape index (κ2) is 8.94. The molecule has 0 N–H and O–H groups in total. The minimum Gasteiger partial charge on any atom is -0.469 e. The lowest BCUT2D eigenvalue weighted by atomic mass is 10.1. The van der Waals surface area contributed by atoms with Crippen LogP contribution in [0.3, 0.4) is 0 Å². The second-order valence-electron chi connectivity index (χ2n) is 6.25. The topological polar surface area (TPSA) is 91.5 Å². The second-order valence-corrected chi connectivity index (χ2v) is 6.25. The number of hydrogen-bond donors (Lipinski definition) is 0. The van der Waals surface area contributed by atoms with Crippen LogP contribution in [0.4, 0.5) is 0 Å². The van der Waals surface area contributed by atoms with Crippen LogP contribution < -0.4 is 4.74 Å². The van der Waals surface area contributed by atoms with Gasteiger partial charge in [-0.3, -0.25) is 9.59 Å². The fraction of sp³-hybridized carbons (Fsp3) is 0.238. The van der Waals surface area contributed by atoms with Crippen LogP contribution in [-0.2, 0) is 27.2 Å². The first-order valence-corrected chi connectivity index (χ1v) is 8.79. The fourth-order valence-corrected chi connectivity index (χ4v) is 2.48. The smallest absolute Gasteiger partial charge is 0.311 e. The lowest BCUT2D eigenvalue weighted by Gasteiger charge is -2.05. The summed E-state index contributed by atoms with van der Waals surface area (Å²) in [4.78, 5) is 27.6. The van der Waals surface area contributed by atoms with Crippen molar-refractivity contribution in [3.05, 3.63) is 65.5 Å². The Bertz CT molecular complexity index is 946. The number of carbonyl (C=O) groups is 2. The highest BCUT2D eigenvalue weighted by molar-refractivity contribution is 5.73. The molecule has 0 amide bonds. The number of benzene rings is 2. The van der Waals surface area contributed by atoms with Gasteiger partial charge in [0.05, 0.1) is 20.0 Å². The van der Waals surface area contributed by atoms with Crippen LogP contribution in [0, 0.1) is 6.92 Å². The Morgan fingerprint density at radius 2 is 1.71 bits per heavy atom. The van der Waals surface area contributed by atoms with Gasteiger partial charge in [-0.25, -0.2) is 0 Å². The standard InChI is InChI=1S/C21H20N2O5/c1-14-3-7-16(8-4-14)21-22-18(28-23-21)11-12-19(24)27-17-9-5-15(6-10-17)13-20(25)26-2/h3-10H,11-13H2,1-2H3. The van der Waals surface area contributed by atoms with Gasteiger partial charge < -0.3 is 14.0 Å². The van der Waals surface area contributed by atoms with E-state index in [1.807, 2.05) is 31.2 Å². The van der Waals surface area contributed by atoms with Crippen molar-refractivity contribution in [1.29, 1.82) is 0 Å². The van der Waals surface area contributed by atoms with Crippen molar-refractivity contribution in [3.8, 4) is 17.1 Å². The molecule has 3 aromatic rings. The molecule has 0 bridgehead atoms. The van der Waals surface area contributed by atoms with Crippen LogP contribution in [0.1, 0.15) is 23.4 Å². The molecular formula is C21H20N2O5. The Kier molecular flexibility index (Phi) is 6.16. The number of aromatic nitrogens is 2. The summed E-state index contributed by atoms with van der Waals surface area (Å²) in [6.45, 7) is 2.00. The number of hydrogen-bond acceptors (Lipinski definition) is 7. The zero-order valence-electron chi connectivity index (χ0n) is 15.7. The average Bonchev–Trinajstić information content (AvgIpc) is 3.17. The van der Waals surface area contributed by atoms with Gasteiger partial charge in [0, 0.05) is 12.0 Å².